The lowest BCUT2D eigenvalue weighted by Crippen LogP contribution is -2.55. The predicted molar refractivity (Wildman–Crippen MR) is 134 cm³/mol. The average molecular weight is 459 g/mol. The Morgan fingerprint density at radius 2 is 1.67 bits per heavy atom. The highest BCUT2D eigenvalue weighted by atomic mass is 16.5. The summed E-state index contributed by atoms with van der Waals surface area (Å²) in [6.45, 7) is 15.8. The molecule has 3 nitrogen and oxygen atoms in total. The van der Waals surface area contributed by atoms with Crippen LogP contribution in [-0.4, -0.2) is 35.6 Å². The van der Waals surface area contributed by atoms with E-state index in [9.17, 15) is 10.2 Å². The lowest BCUT2D eigenvalue weighted by Gasteiger charge is -2.62. The van der Waals surface area contributed by atoms with Crippen molar-refractivity contribution in [2.75, 3.05) is 13.2 Å². The summed E-state index contributed by atoms with van der Waals surface area (Å²) in [5.41, 5.74) is 4.32. The minimum absolute atomic E-state index is 0.00282. The van der Waals surface area contributed by atoms with Crippen molar-refractivity contribution in [1.82, 2.24) is 0 Å². The van der Waals surface area contributed by atoms with Crippen LogP contribution in [-0.2, 0) is 4.74 Å². The van der Waals surface area contributed by atoms with Gasteiger partial charge in [0.05, 0.1) is 12.2 Å². The molecule has 0 aromatic carbocycles. The second kappa shape index (κ2) is 8.07. The highest BCUT2D eigenvalue weighted by Crippen LogP contribution is 2.72. The highest BCUT2D eigenvalue weighted by Gasteiger charge is 2.64. The van der Waals surface area contributed by atoms with Gasteiger partial charge in [-0.25, -0.2) is 0 Å². The molecule has 4 aliphatic carbocycles. The molecule has 2 saturated carbocycles. The first-order chi connectivity index (χ1) is 15.5. The molecule has 0 aromatic rings. The minimum Gasteiger partial charge on any atom is -0.396 e. The number of hydrogen-bond donors (Lipinski definition) is 2. The molecular formula is C30H50O3. The van der Waals surface area contributed by atoms with Gasteiger partial charge < -0.3 is 14.9 Å². The first-order valence-electron chi connectivity index (χ1n) is 14.1. The molecule has 0 amide bonds. The highest BCUT2D eigenvalue weighted by molar-refractivity contribution is 5.38. The predicted octanol–water partition coefficient (Wildman–Crippen LogP) is 6.52. The lowest BCUT2D eigenvalue weighted by molar-refractivity contribution is -0.106. The molecule has 0 spiro atoms. The summed E-state index contributed by atoms with van der Waals surface area (Å²) < 4.78 is 6.34. The third-order valence-electron chi connectivity index (χ3n) is 12.5. The molecule has 2 N–H and O–H groups in total. The van der Waals surface area contributed by atoms with Gasteiger partial charge in [-0.05, 0) is 104 Å². The van der Waals surface area contributed by atoms with Crippen molar-refractivity contribution in [3.05, 3.63) is 11.1 Å². The molecule has 0 aromatic heterocycles. The second-order valence-corrected chi connectivity index (χ2v) is 14.1. The van der Waals surface area contributed by atoms with E-state index in [1.54, 1.807) is 11.1 Å². The first-order valence-corrected chi connectivity index (χ1v) is 14.1. The lowest BCUT2D eigenvalue weighted by atomic mass is 9.43. The molecule has 188 valence electrons. The third kappa shape index (κ3) is 3.30. The Hall–Kier alpha value is -0.380. The SMILES string of the molecule is C[C@H]1CC[C@@H]([C@@H](CO)[C@H]2CC[C@@]3(C)C4=C(CC[C@]23C)[C@@]2(C)CC[C@@H](O)C(C)(C)[C@@H]2CC4)OC1. The zero-order valence-electron chi connectivity index (χ0n) is 22.3. The van der Waals surface area contributed by atoms with Crippen LogP contribution in [0.5, 0.6) is 0 Å². The van der Waals surface area contributed by atoms with Gasteiger partial charge in [-0.2, -0.15) is 0 Å². The van der Waals surface area contributed by atoms with Crippen molar-refractivity contribution in [2.45, 2.75) is 118 Å². The molecule has 3 heteroatoms. The van der Waals surface area contributed by atoms with Crippen LogP contribution in [0.25, 0.3) is 0 Å². The molecule has 1 saturated heterocycles. The Labute approximate surface area is 202 Å². The molecule has 0 unspecified atom stereocenters. The molecule has 1 heterocycles. The van der Waals surface area contributed by atoms with Crippen LogP contribution in [0.4, 0.5) is 0 Å². The van der Waals surface area contributed by atoms with Crippen LogP contribution in [0.3, 0.4) is 0 Å². The first kappa shape index (κ1) is 24.3. The van der Waals surface area contributed by atoms with Gasteiger partial charge in [-0.1, -0.05) is 52.7 Å². The van der Waals surface area contributed by atoms with Crippen molar-refractivity contribution in [1.29, 1.82) is 0 Å². The van der Waals surface area contributed by atoms with Crippen LogP contribution in [0.15, 0.2) is 11.1 Å². The van der Waals surface area contributed by atoms with Gasteiger partial charge in [0.25, 0.3) is 0 Å². The third-order valence-corrected chi connectivity index (χ3v) is 12.5. The number of fused-ring (bicyclic) bond motifs is 4. The number of allylic oxidation sites excluding steroid dienone is 2. The van der Waals surface area contributed by atoms with Crippen molar-refractivity contribution in [3.8, 4) is 0 Å². The van der Waals surface area contributed by atoms with E-state index >= 15 is 0 Å². The maximum atomic E-state index is 10.8. The topological polar surface area (TPSA) is 49.7 Å². The molecule has 1 aliphatic heterocycles. The van der Waals surface area contributed by atoms with Gasteiger partial charge in [0, 0.05) is 19.1 Å². The van der Waals surface area contributed by atoms with Crippen molar-refractivity contribution < 1.29 is 14.9 Å². The molecule has 0 radical (unpaired) electrons. The van der Waals surface area contributed by atoms with Crippen LogP contribution in [0.2, 0.25) is 0 Å². The zero-order chi connectivity index (χ0) is 23.8. The number of aliphatic hydroxyl groups is 2. The van der Waals surface area contributed by atoms with Gasteiger partial charge in [-0.3, -0.25) is 0 Å². The van der Waals surface area contributed by atoms with Crippen molar-refractivity contribution in [3.63, 3.8) is 0 Å². The van der Waals surface area contributed by atoms with Gasteiger partial charge in [-0.15, -0.1) is 0 Å². The quantitative estimate of drug-likeness (QED) is 0.473. The molecular weight excluding hydrogens is 408 g/mol. The maximum absolute atomic E-state index is 10.8. The van der Waals surface area contributed by atoms with E-state index in [0.29, 0.717) is 17.8 Å². The van der Waals surface area contributed by atoms with E-state index in [4.69, 9.17) is 4.74 Å². The van der Waals surface area contributed by atoms with Gasteiger partial charge in [0.1, 0.15) is 0 Å². The summed E-state index contributed by atoms with van der Waals surface area (Å²) in [6.07, 6.45) is 11.9. The summed E-state index contributed by atoms with van der Waals surface area (Å²) in [5.74, 6) is 2.07. The fourth-order valence-corrected chi connectivity index (χ4v) is 10.1. The number of ether oxygens (including phenoxy) is 1. The Morgan fingerprint density at radius 3 is 2.33 bits per heavy atom. The van der Waals surface area contributed by atoms with Crippen LogP contribution >= 0.6 is 0 Å². The molecule has 3 fully saturated rings. The van der Waals surface area contributed by atoms with E-state index in [1.807, 2.05) is 0 Å². The average Bonchev–Trinajstić information content (AvgIpc) is 3.05. The van der Waals surface area contributed by atoms with Gasteiger partial charge in [0.15, 0.2) is 0 Å². The van der Waals surface area contributed by atoms with E-state index in [0.717, 1.165) is 25.9 Å². The summed E-state index contributed by atoms with van der Waals surface area (Å²) in [4.78, 5) is 0. The van der Waals surface area contributed by atoms with Crippen molar-refractivity contribution >= 4 is 0 Å². The normalized spacial score (nSPS) is 50.4. The van der Waals surface area contributed by atoms with E-state index in [-0.39, 0.29) is 46.4 Å². The van der Waals surface area contributed by atoms with Crippen LogP contribution in [0, 0.1) is 45.3 Å². The number of hydrogen-bond acceptors (Lipinski definition) is 3. The van der Waals surface area contributed by atoms with E-state index in [2.05, 4.69) is 41.5 Å². The Morgan fingerprint density at radius 1 is 0.909 bits per heavy atom. The molecule has 5 aliphatic rings. The monoisotopic (exact) mass is 458 g/mol. The number of rotatable bonds is 3. The number of aliphatic hydroxyl groups excluding tert-OH is 2. The fourth-order valence-electron chi connectivity index (χ4n) is 10.1. The maximum Gasteiger partial charge on any atom is 0.0628 e. The van der Waals surface area contributed by atoms with E-state index < -0.39 is 0 Å². The van der Waals surface area contributed by atoms with Crippen LogP contribution in [0.1, 0.15) is 106 Å². The Bertz CT molecular complexity index is 792. The summed E-state index contributed by atoms with van der Waals surface area (Å²) in [6, 6.07) is 0. The zero-order valence-corrected chi connectivity index (χ0v) is 22.3. The Balaban J connectivity index is 1.48. The largest absolute Gasteiger partial charge is 0.396 e. The van der Waals surface area contributed by atoms with Gasteiger partial charge >= 0.3 is 0 Å². The van der Waals surface area contributed by atoms with E-state index in [1.165, 1.54) is 44.9 Å². The molecule has 5 rings (SSSR count). The van der Waals surface area contributed by atoms with Crippen molar-refractivity contribution in [2.24, 2.45) is 45.3 Å². The molecule has 33 heavy (non-hydrogen) atoms. The Kier molecular flexibility index (Phi) is 5.95. The molecule has 0 bridgehead atoms. The van der Waals surface area contributed by atoms with Crippen LogP contribution < -0.4 is 0 Å². The fraction of sp³-hybridized carbons (Fsp3) is 0.933. The minimum atomic E-state index is -0.165. The molecule has 9 atom stereocenters. The second-order valence-electron chi connectivity index (χ2n) is 14.1. The summed E-state index contributed by atoms with van der Waals surface area (Å²) >= 11 is 0. The smallest absolute Gasteiger partial charge is 0.0628 e. The summed E-state index contributed by atoms with van der Waals surface area (Å²) in [5, 5.41) is 21.4. The standard InChI is InChI=1S/C30H50O3/c1-19-7-9-24(33-18-19)20(17-31)21-11-15-30(6)23-8-10-25-27(2,3)26(32)13-14-28(25,4)22(23)12-16-29(21,30)5/h19-21,24-26,31-32H,7-18H2,1-6H3/t19-,20-,21+,24-,25-,26+,28+,29+,30-/m0/s1. The summed E-state index contributed by atoms with van der Waals surface area (Å²) in [7, 11) is 0. The van der Waals surface area contributed by atoms with Gasteiger partial charge in [0.2, 0.25) is 0 Å².